The lowest BCUT2D eigenvalue weighted by Crippen LogP contribution is -2.38. The van der Waals surface area contributed by atoms with Crippen LogP contribution in [-0.2, 0) is 6.54 Å². The van der Waals surface area contributed by atoms with E-state index in [-0.39, 0.29) is 13.2 Å². The van der Waals surface area contributed by atoms with Gasteiger partial charge >= 0.3 is 0 Å². The van der Waals surface area contributed by atoms with Gasteiger partial charge in [0, 0.05) is 29.6 Å². The highest BCUT2D eigenvalue weighted by molar-refractivity contribution is 7.13. The quantitative estimate of drug-likeness (QED) is 0.696. The monoisotopic (exact) mass is 321 g/mol. The lowest BCUT2D eigenvalue weighted by molar-refractivity contribution is 0.0399. The van der Waals surface area contributed by atoms with Crippen LogP contribution in [0.2, 0.25) is 0 Å². The number of aromatic nitrogens is 1. The summed E-state index contributed by atoms with van der Waals surface area (Å²) >= 11 is 1.57. The lowest BCUT2D eigenvalue weighted by atomic mass is 9.92. The van der Waals surface area contributed by atoms with Crippen LogP contribution in [0.4, 0.5) is 10.8 Å². The van der Waals surface area contributed by atoms with E-state index < -0.39 is 5.41 Å². The SMILES string of the molecule is CN(Cc1csc(Nc2ccccc2)n1)CC(C)(CO)CO. The highest BCUT2D eigenvalue weighted by atomic mass is 32.1. The van der Waals surface area contributed by atoms with Crippen LogP contribution in [0.15, 0.2) is 35.7 Å². The molecule has 2 rings (SSSR count). The number of aliphatic hydroxyl groups excluding tert-OH is 2. The molecule has 22 heavy (non-hydrogen) atoms. The zero-order valence-electron chi connectivity index (χ0n) is 13.0. The van der Waals surface area contributed by atoms with Gasteiger partial charge in [-0.1, -0.05) is 25.1 Å². The fourth-order valence-corrected chi connectivity index (χ4v) is 2.94. The molecule has 0 aliphatic carbocycles. The number of hydrogen-bond acceptors (Lipinski definition) is 6. The van der Waals surface area contributed by atoms with E-state index in [1.165, 1.54) is 0 Å². The minimum atomic E-state index is -0.490. The molecule has 0 spiro atoms. The maximum atomic E-state index is 9.36. The average Bonchev–Trinajstić information content (AvgIpc) is 2.95. The van der Waals surface area contributed by atoms with Gasteiger partial charge in [0.25, 0.3) is 0 Å². The number of nitrogens with one attached hydrogen (secondary N) is 1. The molecule has 2 aromatic rings. The molecular weight excluding hydrogens is 298 g/mol. The molecule has 0 fully saturated rings. The molecule has 6 heteroatoms. The van der Waals surface area contributed by atoms with Gasteiger partial charge in [-0.25, -0.2) is 4.98 Å². The fourth-order valence-electron chi connectivity index (χ4n) is 2.22. The molecule has 0 atom stereocenters. The van der Waals surface area contributed by atoms with Gasteiger partial charge in [-0.15, -0.1) is 11.3 Å². The molecular formula is C16H23N3O2S. The number of anilines is 2. The van der Waals surface area contributed by atoms with Crippen LogP contribution in [0, 0.1) is 5.41 Å². The molecule has 0 saturated heterocycles. The molecule has 5 nitrogen and oxygen atoms in total. The number of aliphatic hydroxyl groups is 2. The van der Waals surface area contributed by atoms with Crippen LogP contribution in [0.3, 0.4) is 0 Å². The van der Waals surface area contributed by atoms with Gasteiger partial charge in [-0.2, -0.15) is 0 Å². The zero-order valence-corrected chi connectivity index (χ0v) is 13.8. The third-order valence-corrected chi connectivity index (χ3v) is 4.23. The molecule has 0 saturated carbocycles. The van der Waals surface area contributed by atoms with Gasteiger partial charge in [0.1, 0.15) is 0 Å². The lowest BCUT2D eigenvalue weighted by Gasteiger charge is -2.29. The Kier molecular flexibility index (Phi) is 5.90. The van der Waals surface area contributed by atoms with E-state index >= 15 is 0 Å². The predicted molar refractivity (Wildman–Crippen MR) is 90.5 cm³/mol. The van der Waals surface area contributed by atoms with Gasteiger partial charge in [-0.05, 0) is 19.2 Å². The summed E-state index contributed by atoms with van der Waals surface area (Å²) in [5.41, 5.74) is 1.50. The van der Waals surface area contributed by atoms with E-state index in [1.54, 1.807) is 11.3 Å². The van der Waals surface area contributed by atoms with Gasteiger partial charge in [0.2, 0.25) is 0 Å². The molecule has 0 bridgehead atoms. The van der Waals surface area contributed by atoms with Gasteiger partial charge in [-0.3, -0.25) is 4.90 Å². The molecule has 1 aromatic heterocycles. The summed E-state index contributed by atoms with van der Waals surface area (Å²) in [4.78, 5) is 6.63. The molecule has 0 unspecified atom stereocenters. The van der Waals surface area contributed by atoms with Crippen LogP contribution in [0.1, 0.15) is 12.6 Å². The zero-order chi connectivity index (χ0) is 16.0. The second-order valence-corrected chi connectivity index (χ2v) is 6.79. The Morgan fingerprint density at radius 3 is 2.55 bits per heavy atom. The van der Waals surface area contributed by atoms with E-state index in [0.717, 1.165) is 16.5 Å². The second-order valence-electron chi connectivity index (χ2n) is 5.93. The Balaban J connectivity index is 1.91. The first-order valence-corrected chi connectivity index (χ1v) is 8.09. The van der Waals surface area contributed by atoms with Gasteiger partial charge in [0.15, 0.2) is 5.13 Å². The summed E-state index contributed by atoms with van der Waals surface area (Å²) in [6.07, 6.45) is 0. The molecule has 1 aromatic carbocycles. The summed E-state index contributed by atoms with van der Waals surface area (Å²) in [6.45, 7) is 3.09. The molecule has 3 N–H and O–H groups in total. The van der Waals surface area contributed by atoms with Crippen molar-refractivity contribution in [3.8, 4) is 0 Å². The Hall–Kier alpha value is -1.47. The van der Waals surface area contributed by atoms with E-state index in [9.17, 15) is 10.2 Å². The number of thiazole rings is 1. The highest BCUT2D eigenvalue weighted by Gasteiger charge is 2.24. The number of rotatable bonds is 8. The normalized spacial score (nSPS) is 11.9. The Morgan fingerprint density at radius 2 is 1.91 bits per heavy atom. The number of benzene rings is 1. The van der Waals surface area contributed by atoms with E-state index in [4.69, 9.17) is 0 Å². The van der Waals surface area contributed by atoms with Crippen LogP contribution in [0.25, 0.3) is 0 Å². The minimum absolute atomic E-state index is 0.0360. The van der Waals surface area contributed by atoms with E-state index in [2.05, 4.69) is 15.2 Å². The third kappa shape index (κ3) is 4.78. The third-order valence-electron chi connectivity index (χ3n) is 3.42. The van der Waals surface area contributed by atoms with Crippen molar-refractivity contribution in [1.82, 2.24) is 9.88 Å². The fraction of sp³-hybridized carbons (Fsp3) is 0.438. The first-order valence-electron chi connectivity index (χ1n) is 7.21. The van der Waals surface area contributed by atoms with Gasteiger partial charge in [0.05, 0.1) is 18.9 Å². The van der Waals surface area contributed by atoms with Crippen molar-refractivity contribution in [2.24, 2.45) is 5.41 Å². The van der Waals surface area contributed by atoms with Gasteiger partial charge < -0.3 is 15.5 Å². The standard InChI is InChI=1S/C16H23N3O2S/c1-16(11-20,12-21)10-19(2)8-14-9-22-15(18-14)17-13-6-4-3-5-7-13/h3-7,9,20-21H,8,10-12H2,1-2H3,(H,17,18). The van der Waals surface area contributed by atoms with Crippen molar-refractivity contribution in [3.63, 3.8) is 0 Å². The summed E-state index contributed by atoms with van der Waals surface area (Å²) in [5, 5.41) is 24.9. The number of para-hydroxylation sites is 1. The molecule has 0 amide bonds. The molecule has 120 valence electrons. The van der Waals surface area contributed by atoms with Crippen molar-refractivity contribution in [2.75, 3.05) is 32.1 Å². The van der Waals surface area contributed by atoms with Crippen LogP contribution in [0.5, 0.6) is 0 Å². The van der Waals surface area contributed by atoms with Crippen LogP contribution < -0.4 is 5.32 Å². The second kappa shape index (κ2) is 7.69. The number of hydrogen-bond donors (Lipinski definition) is 3. The van der Waals surface area contributed by atoms with Crippen molar-refractivity contribution in [1.29, 1.82) is 0 Å². The first-order chi connectivity index (χ1) is 10.5. The van der Waals surface area contributed by atoms with E-state index in [0.29, 0.717) is 13.1 Å². The molecule has 0 aliphatic heterocycles. The van der Waals surface area contributed by atoms with Crippen molar-refractivity contribution in [2.45, 2.75) is 13.5 Å². The summed E-state index contributed by atoms with van der Waals surface area (Å²) in [7, 11) is 1.97. The maximum absolute atomic E-state index is 9.36. The highest BCUT2D eigenvalue weighted by Crippen LogP contribution is 2.22. The van der Waals surface area contributed by atoms with Crippen LogP contribution >= 0.6 is 11.3 Å². The molecule has 0 radical (unpaired) electrons. The minimum Gasteiger partial charge on any atom is -0.396 e. The molecule has 0 aliphatic rings. The summed E-state index contributed by atoms with van der Waals surface area (Å²) < 4.78 is 0. The Morgan fingerprint density at radius 1 is 1.23 bits per heavy atom. The summed E-state index contributed by atoms with van der Waals surface area (Å²) in [5.74, 6) is 0. The van der Waals surface area contributed by atoms with Crippen LogP contribution in [-0.4, -0.2) is 46.9 Å². The Bertz CT molecular complexity index is 570. The molecule has 1 heterocycles. The van der Waals surface area contributed by atoms with Crippen molar-refractivity contribution in [3.05, 3.63) is 41.4 Å². The predicted octanol–water partition coefficient (Wildman–Crippen LogP) is 2.31. The maximum Gasteiger partial charge on any atom is 0.187 e. The summed E-state index contributed by atoms with van der Waals surface area (Å²) in [6, 6.07) is 9.94. The average molecular weight is 321 g/mol. The van der Waals surface area contributed by atoms with Crippen molar-refractivity contribution < 1.29 is 10.2 Å². The smallest absolute Gasteiger partial charge is 0.187 e. The largest absolute Gasteiger partial charge is 0.396 e. The van der Waals surface area contributed by atoms with E-state index in [1.807, 2.05) is 49.7 Å². The number of nitrogens with zero attached hydrogens (tertiary/aromatic N) is 2. The van der Waals surface area contributed by atoms with Crippen molar-refractivity contribution >= 4 is 22.2 Å². The first kappa shape index (κ1) is 16.9. The Labute approximate surface area is 135 Å². The topological polar surface area (TPSA) is 68.6 Å².